The Labute approximate surface area is 122 Å². The number of rotatable bonds is 4. The second kappa shape index (κ2) is 6.26. The van der Waals surface area contributed by atoms with Crippen LogP contribution in [-0.2, 0) is 11.2 Å². The molecule has 1 saturated heterocycles. The van der Waals surface area contributed by atoms with Crippen molar-refractivity contribution < 1.29 is 9.90 Å². The largest absolute Gasteiger partial charge is 0.393 e. The Kier molecular flexibility index (Phi) is 4.62. The summed E-state index contributed by atoms with van der Waals surface area (Å²) in [6.07, 6.45) is 0.920. The summed E-state index contributed by atoms with van der Waals surface area (Å²) in [7, 11) is 0. The van der Waals surface area contributed by atoms with Crippen LogP contribution in [0.25, 0.3) is 0 Å². The Bertz CT molecular complexity index is 632. The topological polar surface area (TPSA) is 106 Å². The number of nitrogens with one attached hydrogen (secondary N) is 2. The monoisotopic (exact) mass is 295 g/mol. The predicted molar refractivity (Wildman–Crippen MR) is 77.1 cm³/mol. The molecule has 116 valence electrons. The molecule has 2 unspecified atom stereocenters. The third kappa shape index (κ3) is 3.60. The Balaban J connectivity index is 1.97. The first-order valence-corrected chi connectivity index (χ1v) is 7.16. The molecule has 1 aromatic rings. The zero-order valence-electron chi connectivity index (χ0n) is 12.3. The summed E-state index contributed by atoms with van der Waals surface area (Å²) in [5.74, 6) is 0.107. The highest BCUT2D eigenvalue weighted by Gasteiger charge is 2.28. The normalized spacial score (nSPS) is 19.8. The molecular formula is C14H21N3O4. The van der Waals surface area contributed by atoms with E-state index in [1.54, 1.807) is 18.7 Å². The van der Waals surface area contributed by atoms with E-state index in [0.29, 0.717) is 30.8 Å². The van der Waals surface area contributed by atoms with Gasteiger partial charge in [0.2, 0.25) is 5.91 Å². The molecule has 1 aromatic heterocycles. The molecule has 0 aliphatic carbocycles. The van der Waals surface area contributed by atoms with E-state index >= 15 is 0 Å². The fourth-order valence-electron chi connectivity index (χ4n) is 2.72. The Morgan fingerprint density at radius 1 is 1.43 bits per heavy atom. The summed E-state index contributed by atoms with van der Waals surface area (Å²) in [6, 6.07) is 0. The van der Waals surface area contributed by atoms with Gasteiger partial charge in [0.05, 0.1) is 6.10 Å². The van der Waals surface area contributed by atoms with Crippen molar-refractivity contribution in [2.24, 2.45) is 5.92 Å². The Morgan fingerprint density at radius 3 is 2.71 bits per heavy atom. The third-order valence-corrected chi connectivity index (χ3v) is 4.10. The molecule has 2 rings (SSSR count). The third-order valence-electron chi connectivity index (χ3n) is 4.10. The molecule has 1 aliphatic rings. The van der Waals surface area contributed by atoms with E-state index in [4.69, 9.17) is 0 Å². The van der Waals surface area contributed by atoms with Crippen LogP contribution in [0.2, 0.25) is 0 Å². The van der Waals surface area contributed by atoms with Crippen LogP contribution in [-0.4, -0.2) is 45.1 Å². The molecule has 0 aromatic carbocycles. The number of aliphatic hydroxyl groups is 1. The molecule has 2 atom stereocenters. The SMILES string of the molecule is Cc1[nH]c(=O)[nH]c(=O)c1CCC(=O)N1CCC(C(C)O)C1. The van der Waals surface area contributed by atoms with Crippen LogP contribution in [0.4, 0.5) is 0 Å². The highest BCUT2D eigenvalue weighted by atomic mass is 16.3. The van der Waals surface area contributed by atoms with Crippen LogP contribution in [0, 0.1) is 12.8 Å². The van der Waals surface area contributed by atoms with E-state index in [-0.39, 0.29) is 18.2 Å². The van der Waals surface area contributed by atoms with E-state index in [2.05, 4.69) is 9.97 Å². The second-order valence-electron chi connectivity index (χ2n) is 5.64. The second-order valence-corrected chi connectivity index (χ2v) is 5.64. The highest BCUT2D eigenvalue weighted by molar-refractivity contribution is 5.76. The van der Waals surface area contributed by atoms with Crippen LogP contribution in [0.3, 0.4) is 0 Å². The molecule has 21 heavy (non-hydrogen) atoms. The molecule has 7 heteroatoms. The summed E-state index contributed by atoms with van der Waals surface area (Å²) in [5.41, 5.74) is -0.0340. The van der Waals surface area contributed by atoms with Gasteiger partial charge < -0.3 is 15.0 Å². The van der Waals surface area contributed by atoms with Gasteiger partial charge in [-0.3, -0.25) is 14.6 Å². The number of aromatic amines is 2. The zero-order chi connectivity index (χ0) is 15.6. The van der Waals surface area contributed by atoms with E-state index in [9.17, 15) is 19.5 Å². The van der Waals surface area contributed by atoms with Crippen molar-refractivity contribution in [2.75, 3.05) is 13.1 Å². The van der Waals surface area contributed by atoms with Crippen molar-refractivity contribution in [3.63, 3.8) is 0 Å². The number of aryl methyl sites for hydroxylation is 1. The lowest BCUT2D eigenvalue weighted by Gasteiger charge is -2.17. The van der Waals surface area contributed by atoms with Gasteiger partial charge >= 0.3 is 5.69 Å². The van der Waals surface area contributed by atoms with Crippen LogP contribution in [0.15, 0.2) is 9.59 Å². The molecule has 2 heterocycles. The van der Waals surface area contributed by atoms with Gasteiger partial charge in [0.15, 0.2) is 0 Å². The van der Waals surface area contributed by atoms with E-state index < -0.39 is 17.4 Å². The van der Waals surface area contributed by atoms with Crippen LogP contribution >= 0.6 is 0 Å². The van der Waals surface area contributed by atoms with Crippen molar-refractivity contribution in [1.29, 1.82) is 0 Å². The van der Waals surface area contributed by atoms with Crippen LogP contribution in [0.5, 0.6) is 0 Å². The first kappa shape index (κ1) is 15.5. The van der Waals surface area contributed by atoms with Gasteiger partial charge in [-0.05, 0) is 26.7 Å². The smallest absolute Gasteiger partial charge is 0.325 e. The lowest BCUT2D eigenvalue weighted by atomic mass is 10.0. The number of hydrogen-bond acceptors (Lipinski definition) is 4. The average Bonchev–Trinajstić information content (AvgIpc) is 2.86. The van der Waals surface area contributed by atoms with Crippen molar-refractivity contribution >= 4 is 5.91 Å². The molecule has 0 bridgehead atoms. The fraction of sp³-hybridized carbons (Fsp3) is 0.643. The van der Waals surface area contributed by atoms with Crippen molar-refractivity contribution in [2.45, 2.75) is 39.2 Å². The molecule has 3 N–H and O–H groups in total. The van der Waals surface area contributed by atoms with Crippen LogP contribution in [0.1, 0.15) is 31.0 Å². The van der Waals surface area contributed by atoms with Gasteiger partial charge in [-0.25, -0.2) is 4.79 Å². The molecule has 0 saturated carbocycles. The lowest BCUT2D eigenvalue weighted by molar-refractivity contribution is -0.130. The molecule has 1 fully saturated rings. The van der Waals surface area contributed by atoms with Gasteiger partial charge in [0.1, 0.15) is 0 Å². The van der Waals surface area contributed by atoms with E-state index in [0.717, 1.165) is 6.42 Å². The zero-order valence-corrected chi connectivity index (χ0v) is 12.3. The molecule has 1 amide bonds. The molecule has 1 aliphatic heterocycles. The maximum absolute atomic E-state index is 12.1. The molecule has 0 spiro atoms. The number of aromatic nitrogens is 2. The minimum atomic E-state index is -0.535. The maximum Gasteiger partial charge on any atom is 0.325 e. The summed E-state index contributed by atoms with van der Waals surface area (Å²) in [6.45, 7) is 4.60. The van der Waals surface area contributed by atoms with Gasteiger partial charge in [-0.15, -0.1) is 0 Å². The van der Waals surface area contributed by atoms with Gasteiger partial charge in [-0.1, -0.05) is 0 Å². The quantitative estimate of drug-likeness (QED) is 0.698. The average molecular weight is 295 g/mol. The summed E-state index contributed by atoms with van der Waals surface area (Å²) >= 11 is 0. The number of carbonyl (C=O) groups excluding carboxylic acids is 1. The Morgan fingerprint density at radius 2 is 2.14 bits per heavy atom. The molecular weight excluding hydrogens is 274 g/mol. The molecule has 0 radical (unpaired) electrons. The number of nitrogens with zero attached hydrogens (tertiary/aromatic N) is 1. The van der Waals surface area contributed by atoms with Gasteiger partial charge in [0.25, 0.3) is 5.56 Å². The molecule has 7 nitrogen and oxygen atoms in total. The first-order valence-electron chi connectivity index (χ1n) is 7.16. The Hall–Kier alpha value is -1.89. The summed E-state index contributed by atoms with van der Waals surface area (Å²) in [5, 5.41) is 9.54. The number of hydrogen-bond donors (Lipinski definition) is 3. The summed E-state index contributed by atoms with van der Waals surface area (Å²) in [4.78, 5) is 41.4. The van der Waals surface area contributed by atoms with Crippen molar-refractivity contribution in [3.05, 3.63) is 32.1 Å². The first-order chi connectivity index (χ1) is 9.88. The van der Waals surface area contributed by atoms with Gasteiger partial charge in [-0.2, -0.15) is 0 Å². The highest BCUT2D eigenvalue weighted by Crippen LogP contribution is 2.20. The minimum absolute atomic E-state index is 0.0249. The fourth-order valence-corrected chi connectivity index (χ4v) is 2.72. The maximum atomic E-state index is 12.1. The number of carbonyl (C=O) groups is 1. The van der Waals surface area contributed by atoms with Crippen LogP contribution < -0.4 is 11.2 Å². The van der Waals surface area contributed by atoms with E-state index in [1.807, 2.05) is 0 Å². The lowest BCUT2D eigenvalue weighted by Crippen LogP contribution is -2.32. The number of aliphatic hydroxyl groups excluding tert-OH is 1. The number of likely N-dealkylation sites (tertiary alicyclic amines) is 1. The van der Waals surface area contributed by atoms with Crippen molar-refractivity contribution in [3.8, 4) is 0 Å². The summed E-state index contributed by atoms with van der Waals surface area (Å²) < 4.78 is 0. The standard InChI is InChI=1S/C14H21N3O4/c1-8-11(13(20)16-14(21)15-8)3-4-12(19)17-6-5-10(7-17)9(2)18/h9-10,18H,3-7H2,1-2H3,(H2,15,16,20,21). The van der Waals surface area contributed by atoms with E-state index in [1.165, 1.54) is 0 Å². The predicted octanol–water partition coefficient (Wildman–Crippen LogP) is -0.466. The minimum Gasteiger partial charge on any atom is -0.393 e. The number of amides is 1. The van der Waals surface area contributed by atoms with Gasteiger partial charge in [0, 0.05) is 36.7 Å². The van der Waals surface area contributed by atoms with Crippen molar-refractivity contribution in [1.82, 2.24) is 14.9 Å². The number of H-pyrrole nitrogens is 2.